The van der Waals surface area contributed by atoms with Crippen molar-refractivity contribution in [3.8, 4) is 11.5 Å². The zero-order valence-electron chi connectivity index (χ0n) is 14.0. The van der Waals surface area contributed by atoms with E-state index in [-0.39, 0.29) is 6.03 Å². The van der Waals surface area contributed by atoms with E-state index in [1.807, 2.05) is 36.4 Å². The Hall–Kier alpha value is -2.21. The molecule has 0 aliphatic rings. The Kier molecular flexibility index (Phi) is 6.49. The Balaban J connectivity index is 1.93. The number of hydrogen-bond acceptors (Lipinski definition) is 3. The van der Waals surface area contributed by atoms with Gasteiger partial charge in [0.05, 0.1) is 14.2 Å². The molecule has 5 nitrogen and oxygen atoms in total. The number of amides is 2. The maximum Gasteiger partial charge on any atom is 0.317 e. The van der Waals surface area contributed by atoms with Crippen molar-refractivity contribution in [1.82, 2.24) is 10.2 Å². The molecule has 0 bridgehead atoms. The molecule has 0 saturated heterocycles. The largest absolute Gasteiger partial charge is 0.497 e. The lowest BCUT2D eigenvalue weighted by Crippen LogP contribution is -2.36. The molecule has 0 aliphatic heterocycles. The summed E-state index contributed by atoms with van der Waals surface area (Å²) in [5, 5.41) is 2.90. The van der Waals surface area contributed by atoms with E-state index in [2.05, 4.69) is 21.2 Å². The second-order valence-electron chi connectivity index (χ2n) is 5.36. The number of ether oxygens (including phenoxy) is 2. The minimum absolute atomic E-state index is 0.139. The standard InChI is InChI=1S/C18H21BrN2O3/c1-21(12-13-4-6-15(19)7-5-13)18(22)20-11-14-8-16(23-2)10-17(9-14)24-3/h4-10H,11-12H2,1-3H3,(H,20,22). The topological polar surface area (TPSA) is 50.8 Å². The molecule has 0 saturated carbocycles. The van der Waals surface area contributed by atoms with Crippen molar-refractivity contribution >= 4 is 22.0 Å². The first-order chi connectivity index (χ1) is 11.5. The molecule has 0 unspecified atom stereocenters. The molecule has 0 heterocycles. The lowest BCUT2D eigenvalue weighted by atomic mass is 10.2. The van der Waals surface area contributed by atoms with Crippen LogP contribution in [0.25, 0.3) is 0 Å². The Morgan fingerprint density at radius 3 is 2.17 bits per heavy atom. The van der Waals surface area contributed by atoms with Crippen LogP contribution in [0.1, 0.15) is 11.1 Å². The second kappa shape index (κ2) is 8.59. The normalized spacial score (nSPS) is 10.2. The van der Waals surface area contributed by atoms with E-state index in [0.717, 1.165) is 15.6 Å². The highest BCUT2D eigenvalue weighted by atomic mass is 79.9. The summed E-state index contributed by atoms with van der Waals surface area (Å²) in [5.41, 5.74) is 1.98. The van der Waals surface area contributed by atoms with Crippen LogP contribution in [0.2, 0.25) is 0 Å². The third-order valence-corrected chi connectivity index (χ3v) is 4.06. The predicted octanol–water partition coefficient (Wildman–Crippen LogP) is 3.81. The third-order valence-electron chi connectivity index (χ3n) is 3.53. The zero-order chi connectivity index (χ0) is 17.5. The monoisotopic (exact) mass is 392 g/mol. The molecule has 2 aromatic carbocycles. The van der Waals surface area contributed by atoms with E-state index in [1.165, 1.54) is 0 Å². The number of hydrogen-bond donors (Lipinski definition) is 1. The van der Waals surface area contributed by atoms with E-state index in [0.29, 0.717) is 24.6 Å². The van der Waals surface area contributed by atoms with Gasteiger partial charge in [-0.25, -0.2) is 4.79 Å². The number of methoxy groups -OCH3 is 2. The number of carbonyl (C=O) groups is 1. The summed E-state index contributed by atoms with van der Waals surface area (Å²) in [7, 11) is 4.97. The van der Waals surface area contributed by atoms with Gasteiger partial charge in [-0.05, 0) is 35.4 Å². The first-order valence-corrected chi connectivity index (χ1v) is 8.26. The van der Waals surface area contributed by atoms with Crippen LogP contribution < -0.4 is 14.8 Å². The SMILES string of the molecule is COc1cc(CNC(=O)N(C)Cc2ccc(Br)cc2)cc(OC)c1. The molecule has 0 atom stereocenters. The molecule has 0 fully saturated rings. The van der Waals surface area contributed by atoms with Crippen LogP contribution in [-0.2, 0) is 13.1 Å². The van der Waals surface area contributed by atoms with Gasteiger partial charge in [0.2, 0.25) is 0 Å². The van der Waals surface area contributed by atoms with Crippen molar-refractivity contribution in [2.24, 2.45) is 0 Å². The molecule has 0 aliphatic carbocycles. The third kappa shape index (κ3) is 5.16. The lowest BCUT2D eigenvalue weighted by Gasteiger charge is -2.18. The molecule has 2 amide bonds. The molecular formula is C18H21BrN2O3. The highest BCUT2D eigenvalue weighted by Crippen LogP contribution is 2.22. The van der Waals surface area contributed by atoms with E-state index in [9.17, 15) is 4.79 Å². The van der Waals surface area contributed by atoms with Crippen molar-refractivity contribution in [2.45, 2.75) is 13.1 Å². The quantitative estimate of drug-likeness (QED) is 0.812. The number of nitrogens with zero attached hydrogens (tertiary/aromatic N) is 1. The van der Waals surface area contributed by atoms with Gasteiger partial charge in [0.15, 0.2) is 0 Å². The minimum Gasteiger partial charge on any atom is -0.497 e. The van der Waals surface area contributed by atoms with E-state index in [1.54, 1.807) is 32.2 Å². The van der Waals surface area contributed by atoms with Gasteiger partial charge in [-0.1, -0.05) is 28.1 Å². The van der Waals surface area contributed by atoms with Crippen molar-refractivity contribution in [1.29, 1.82) is 0 Å². The molecule has 0 radical (unpaired) electrons. The number of carbonyl (C=O) groups excluding carboxylic acids is 1. The second-order valence-corrected chi connectivity index (χ2v) is 6.28. The summed E-state index contributed by atoms with van der Waals surface area (Å²) in [6.07, 6.45) is 0. The number of urea groups is 1. The van der Waals surface area contributed by atoms with E-state index >= 15 is 0 Å². The van der Waals surface area contributed by atoms with E-state index < -0.39 is 0 Å². The maximum atomic E-state index is 12.2. The van der Waals surface area contributed by atoms with Crippen LogP contribution in [0.15, 0.2) is 46.9 Å². The molecular weight excluding hydrogens is 372 g/mol. The van der Waals surface area contributed by atoms with Gasteiger partial charge in [-0.15, -0.1) is 0 Å². The first-order valence-electron chi connectivity index (χ1n) is 7.47. The average Bonchev–Trinajstić information content (AvgIpc) is 2.61. The minimum atomic E-state index is -0.139. The van der Waals surface area contributed by atoms with Gasteiger partial charge in [0.25, 0.3) is 0 Å². The molecule has 1 N–H and O–H groups in total. The summed E-state index contributed by atoms with van der Waals surface area (Å²) >= 11 is 3.40. The number of benzene rings is 2. The van der Waals surface area contributed by atoms with Crippen LogP contribution in [-0.4, -0.2) is 32.2 Å². The van der Waals surface area contributed by atoms with Gasteiger partial charge in [0.1, 0.15) is 11.5 Å². The van der Waals surface area contributed by atoms with Gasteiger partial charge < -0.3 is 19.7 Å². The summed E-state index contributed by atoms with van der Waals surface area (Å²) in [6.45, 7) is 0.942. The fourth-order valence-corrected chi connectivity index (χ4v) is 2.48. The van der Waals surface area contributed by atoms with Gasteiger partial charge in [0, 0.05) is 30.7 Å². The fraction of sp³-hybridized carbons (Fsp3) is 0.278. The molecule has 128 valence electrons. The summed E-state index contributed by atoms with van der Waals surface area (Å²) in [4.78, 5) is 13.9. The van der Waals surface area contributed by atoms with Crippen molar-refractivity contribution in [3.05, 3.63) is 58.1 Å². The Morgan fingerprint density at radius 1 is 1.04 bits per heavy atom. The highest BCUT2D eigenvalue weighted by molar-refractivity contribution is 9.10. The molecule has 0 aromatic heterocycles. The number of halogens is 1. The molecule has 0 spiro atoms. The Labute approximate surface area is 150 Å². The summed E-state index contributed by atoms with van der Waals surface area (Å²) in [5.74, 6) is 1.39. The van der Waals surface area contributed by atoms with Crippen molar-refractivity contribution in [3.63, 3.8) is 0 Å². The van der Waals surface area contributed by atoms with Crippen molar-refractivity contribution in [2.75, 3.05) is 21.3 Å². The predicted molar refractivity (Wildman–Crippen MR) is 97.4 cm³/mol. The Morgan fingerprint density at radius 2 is 1.62 bits per heavy atom. The van der Waals surface area contributed by atoms with Crippen LogP contribution in [0.3, 0.4) is 0 Å². The van der Waals surface area contributed by atoms with Crippen LogP contribution in [0, 0.1) is 0 Å². The Bertz CT molecular complexity index is 667. The van der Waals surface area contributed by atoms with Crippen LogP contribution in [0.5, 0.6) is 11.5 Å². The summed E-state index contributed by atoms with van der Waals surface area (Å²) < 4.78 is 11.5. The first kappa shape index (κ1) is 18.1. The lowest BCUT2D eigenvalue weighted by molar-refractivity contribution is 0.206. The number of rotatable bonds is 6. The molecule has 24 heavy (non-hydrogen) atoms. The van der Waals surface area contributed by atoms with Gasteiger partial charge >= 0.3 is 6.03 Å². The van der Waals surface area contributed by atoms with Gasteiger partial charge in [-0.3, -0.25) is 0 Å². The van der Waals surface area contributed by atoms with E-state index in [4.69, 9.17) is 9.47 Å². The smallest absolute Gasteiger partial charge is 0.317 e. The highest BCUT2D eigenvalue weighted by Gasteiger charge is 2.10. The molecule has 2 aromatic rings. The van der Waals surface area contributed by atoms with Gasteiger partial charge in [-0.2, -0.15) is 0 Å². The van der Waals surface area contributed by atoms with Crippen LogP contribution >= 0.6 is 15.9 Å². The van der Waals surface area contributed by atoms with Crippen LogP contribution in [0.4, 0.5) is 4.79 Å². The fourth-order valence-electron chi connectivity index (χ4n) is 2.22. The maximum absolute atomic E-state index is 12.2. The number of nitrogens with one attached hydrogen (secondary N) is 1. The average molecular weight is 393 g/mol. The zero-order valence-corrected chi connectivity index (χ0v) is 15.6. The summed E-state index contributed by atoms with van der Waals surface area (Å²) in [6, 6.07) is 13.3. The molecule has 6 heteroatoms. The molecule has 2 rings (SSSR count). The van der Waals surface area contributed by atoms with Crippen molar-refractivity contribution < 1.29 is 14.3 Å².